The SMILES string of the molecule is [C-]#[N+]c1c(-n2c3ccccc3c3c4c(ccc32)-c2ccccc2C4(C)C)ccc(C#N)c1F.[C-]#[N+]c1c(-n2c3ccccc3c3cc4c(cc32)-c2ccccc2C4(C)C)ccc(C#N)c1F.[C-]#[N+]c1c(-n2c3ccccc3c3cc4c5ccccc5n(-c5ccccc5)c4cc32)ccc(C#N)c1F.[C-]#[N+]c1c(-n2c3ccccc3c3ccc4c(c32)C(C)(C)c2ccccc2-4)ccc(C#N)c1F. The fraction of sp³-hybridized carbons (Fsp3) is 0.0756. The van der Waals surface area contributed by atoms with Gasteiger partial charge in [0.2, 0.25) is 22.7 Å². The van der Waals surface area contributed by atoms with E-state index in [-0.39, 0.29) is 61.2 Å². The number of nitriles is 4. The van der Waals surface area contributed by atoms with Crippen LogP contribution in [-0.4, -0.2) is 22.8 Å². The summed E-state index contributed by atoms with van der Waals surface area (Å²) < 4.78 is 70.4. The molecule has 0 atom stereocenters. The molecule has 0 spiro atoms. The van der Waals surface area contributed by atoms with Crippen molar-refractivity contribution in [1.29, 1.82) is 21.0 Å². The minimum atomic E-state index is -0.791. The summed E-state index contributed by atoms with van der Waals surface area (Å²) in [7, 11) is 0. The highest BCUT2D eigenvalue weighted by molar-refractivity contribution is 6.21. The Kier molecular flexibility index (Phi) is 19.1. The highest BCUT2D eigenvalue weighted by Crippen LogP contribution is 2.58. The summed E-state index contributed by atoms with van der Waals surface area (Å²) in [4.78, 5) is 14.0. The molecule has 3 aliphatic rings. The van der Waals surface area contributed by atoms with Crippen LogP contribution in [-0.2, 0) is 16.2 Å². The zero-order valence-electron chi connectivity index (χ0n) is 73.9. The molecule has 0 aliphatic heterocycles. The first-order chi connectivity index (χ1) is 66.1. The van der Waals surface area contributed by atoms with Crippen molar-refractivity contribution in [3.8, 4) is 86.1 Å². The molecule has 5 aromatic heterocycles. The van der Waals surface area contributed by atoms with Crippen LogP contribution in [0.1, 0.15) is 97.2 Å². The maximum absolute atomic E-state index is 15.2. The van der Waals surface area contributed by atoms with Crippen LogP contribution in [0, 0.1) is 94.9 Å². The monoisotopic (exact) mass is 1760 g/mol. The molecule has 22 aromatic rings. The van der Waals surface area contributed by atoms with Crippen molar-refractivity contribution in [3.63, 3.8) is 0 Å². The fourth-order valence-electron chi connectivity index (χ4n) is 21.8. The average molecular weight is 1760 g/mol. The number of nitrogens with zero attached hydrogens (tertiary/aromatic N) is 13. The highest BCUT2D eigenvalue weighted by Gasteiger charge is 2.42. The second-order valence-electron chi connectivity index (χ2n) is 35.8. The van der Waals surface area contributed by atoms with Crippen LogP contribution < -0.4 is 0 Å². The molecule has 0 radical (unpaired) electrons. The topological polar surface area (TPSA) is 137 Å². The summed E-state index contributed by atoms with van der Waals surface area (Å²) in [6, 6.07) is 113. The molecule has 136 heavy (non-hydrogen) atoms. The van der Waals surface area contributed by atoms with E-state index in [4.69, 9.17) is 26.3 Å². The quantitative estimate of drug-likeness (QED) is 0.125. The van der Waals surface area contributed by atoms with Crippen LogP contribution in [0.15, 0.2) is 322 Å². The molecule has 0 N–H and O–H groups in total. The first-order valence-electron chi connectivity index (χ1n) is 44.1. The van der Waals surface area contributed by atoms with Gasteiger partial charge < -0.3 is 22.8 Å². The highest BCUT2D eigenvalue weighted by atomic mass is 19.1. The molecule has 5 heterocycles. The van der Waals surface area contributed by atoms with Crippen molar-refractivity contribution in [1.82, 2.24) is 22.8 Å². The lowest BCUT2D eigenvalue weighted by atomic mass is 9.80. The van der Waals surface area contributed by atoms with Gasteiger partial charge in [0, 0.05) is 75.8 Å². The Morgan fingerprint density at radius 1 is 0.243 bits per heavy atom. The lowest BCUT2D eigenvalue weighted by Crippen LogP contribution is -2.16. The van der Waals surface area contributed by atoms with E-state index in [2.05, 4.69) is 229 Å². The van der Waals surface area contributed by atoms with E-state index in [1.165, 1.54) is 74.3 Å². The van der Waals surface area contributed by atoms with E-state index >= 15 is 8.78 Å². The van der Waals surface area contributed by atoms with Gasteiger partial charge in [-0.15, -0.1) is 0 Å². The Labute approximate surface area is 778 Å². The fourth-order valence-corrected chi connectivity index (χ4v) is 21.8. The summed E-state index contributed by atoms with van der Waals surface area (Å²) in [6.07, 6.45) is 0. The molecule has 0 amide bonds. The molecule has 0 saturated carbocycles. The number of halogens is 4. The predicted molar refractivity (Wildman–Crippen MR) is 534 cm³/mol. The zero-order chi connectivity index (χ0) is 93.8. The Morgan fingerprint density at radius 2 is 0.566 bits per heavy atom. The molecule has 25 rings (SSSR count). The number of hydrogen-bond acceptors (Lipinski definition) is 4. The Hall–Kier alpha value is -18.6. The van der Waals surface area contributed by atoms with Crippen LogP contribution in [0.2, 0.25) is 0 Å². The van der Waals surface area contributed by atoms with Crippen molar-refractivity contribution in [2.24, 2.45) is 0 Å². The summed E-state index contributed by atoms with van der Waals surface area (Å²) in [5.74, 6) is -3.11. The van der Waals surface area contributed by atoms with Crippen molar-refractivity contribution in [2.45, 2.75) is 57.8 Å². The van der Waals surface area contributed by atoms with E-state index < -0.39 is 23.3 Å². The number of para-hydroxylation sites is 6. The largest absolute Gasteiger partial charge is 0.319 e. The van der Waals surface area contributed by atoms with E-state index in [9.17, 15) is 29.8 Å². The van der Waals surface area contributed by atoms with Crippen molar-refractivity contribution < 1.29 is 17.6 Å². The summed E-state index contributed by atoms with van der Waals surface area (Å²) in [6.45, 7) is 44.2. The van der Waals surface area contributed by atoms with Crippen molar-refractivity contribution in [3.05, 3.63) is 446 Å². The molecular formula is C119H71F4N13. The van der Waals surface area contributed by atoms with E-state index in [0.29, 0.717) is 22.7 Å². The third kappa shape index (κ3) is 12.0. The molecule has 0 bridgehead atoms. The third-order valence-electron chi connectivity index (χ3n) is 27.8. The lowest BCUT2D eigenvalue weighted by molar-refractivity contribution is 0.628. The lowest BCUT2D eigenvalue weighted by Gasteiger charge is -2.24. The summed E-state index contributed by atoms with van der Waals surface area (Å²) in [5, 5.41) is 47.8. The smallest absolute Gasteiger partial charge is 0.246 e. The van der Waals surface area contributed by atoms with Crippen LogP contribution in [0.25, 0.3) is 190 Å². The molecule has 3 aliphatic carbocycles. The van der Waals surface area contributed by atoms with Gasteiger partial charge in [-0.2, -0.15) is 21.0 Å². The minimum absolute atomic E-state index is 0.122. The van der Waals surface area contributed by atoms with Gasteiger partial charge in [-0.1, -0.05) is 242 Å². The second kappa shape index (κ2) is 31.3. The third-order valence-corrected chi connectivity index (χ3v) is 27.8. The van der Waals surface area contributed by atoms with Gasteiger partial charge in [0.05, 0.1) is 126 Å². The summed E-state index contributed by atoms with van der Waals surface area (Å²) in [5.41, 5.74) is 25.1. The van der Waals surface area contributed by atoms with E-state index in [1.807, 2.05) is 152 Å². The van der Waals surface area contributed by atoms with Gasteiger partial charge >= 0.3 is 0 Å². The Balaban J connectivity index is 0.000000105. The van der Waals surface area contributed by atoms with Gasteiger partial charge in [-0.25, -0.2) is 36.9 Å². The second-order valence-corrected chi connectivity index (χ2v) is 35.8. The molecule has 640 valence electrons. The van der Waals surface area contributed by atoms with Gasteiger partial charge in [0.1, 0.15) is 47.5 Å². The predicted octanol–water partition coefficient (Wildman–Crippen LogP) is 31.4. The van der Waals surface area contributed by atoms with Crippen LogP contribution in [0.4, 0.5) is 40.3 Å². The normalized spacial score (nSPS) is 12.9. The number of hydrogen-bond donors (Lipinski definition) is 0. The molecule has 0 unspecified atom stereocenters. The van der Waals surface area contributed by atoms with E-state index in [1.54, 1.807) is 24.3 Å². The number of benzene rings is 17. The molecule has 0 saturated heterocycles. The molecular weight excluding hydrogens is 1690 g/mol. The maximum atomic E-state index is 15.2. The number of fused-ring (bicyclic) bond motifs is 26. The van der Waals surface area contributed by atoms with Crippen molar-refractivity contribution >= 4 is 132 Å². The van der Waals surface area contributed by atoms with Gasteiger partial charge in [-0.05, 0) is 188 Å². The molecule has 17 aromatic carbocycles. The standard InChI is InChI=1S/C32H17FN4.3C29H18FN3/c1-35-32-28(16-15-20(19-34)31(32)33)37-27-14-8-6-12-23(27)25-17-24-22-11-5-7-13-26(22)36(29(24)18-30(25)37)21-9-3-2-4-10-21;1-29(2)22-10-6-4-8-18(22)20-13-14-21-19-9-5-7-11-23(19)33(28(21)25(20)29)24-15-12-17(16-31)26(30)27(24)32-3;1-29(2)21-10-6-4-8-18(21)19-13-15-23-25(26(19)29)20-9-5-7-11-22(20)33(23)24-14-12-17(16-31)27(30)28(24)32-3;1-29(2)22-10-6-4-8-18(22)20-15-26-21(14-23(20)29)19-9-5-7-11-24(19)33(26)25-13-12-17(16-31)27(30)28(25)32-3/h2-18H;3*4-15H,1-2H3. The first-order valence-corrected chi connectivity index (χ1v) is 44.1. The van der Waals surface area contributed by atoms with E-state index in [0.717, 1.165) is 131 Å². The van der Waals surface area contributed by atoms with Gasteiger partial charge in [0.25, 0.3) is 0 Å². The first kappa shape index (κ1) is 83.0. The molecule has 0 fully saturated rings. The van der Waals surface area contributed by atoms with Crippen LogP contribution in [0.3, 0.4) is 0 Å². The van der Waals surface area contributed by atoms with Crippen LogP contribution >= 0.6 is 0 Å². The zero-order valence-corrected chi connectivity index (χ0v) is 73.9. The van der Waals surface area contributed by atoms with Gasteiger partial charge in [0.15, 0.2) is 0 Å². The maximum Gasteiger partial charge on any atom is 0.246 e. The Morgan fingerprint density at radius 3 is 1.01 bits per heavy atom. The minimum Gasteiger partial charge on any atom is -0.319 e. The number of rotatable bonds is 5. The Bertz CT molecular complexity index is 9430. The summed E-state index contributed by atoms with van der Waals surface area (Å²) >= 11 is 0. The number of aromatic nitrogens is 5. The molecule has 17 heteroatoms. The van der Waals surface area contributed by atoms with Crippen LogP contribution in [0.5, 0.6) is 0 Å². The molecule has 13 nitrogen and oxygen atoms in total. The van der Waals surface area contributed by atoms with Crippen molar-refractivity contribution in [2.75, 3.05) is 0 Å². The van der Waals surface area contributed by atoms with Gasteiger partial charge in [-0.3, -0.25) is 0 Å². The average Bonchev–Trinajstić information content (AvgIpc) is 1.53.